The Labute approximate surface area is 128 Å². The fourth-order valence-corrected chi connectivity index (χ4v) is 2.73. The highest BCUT2D eigenvalue weighted by atomic mass is 15.2. The minimum absolute atomic E-state index is 0.247. The molecule has 0 bridgehead atoms. The summed E-state index contributed by atoms with van der Waals surface area (Å²) in [5.41, 5.74) is 2.65. The van der Waals surface area contributed by atoms with Crippen LogP contribution in [0.3, 0.4) is 0 Å². The van der Waals surface area contributed by atoms with E-state index in [9.17, 15) is 0 Å². The van der Waals surface area contributed by atoms with Gasteiger partial charge >= 0.3 is 0 Å². The smallest absolute Gasteiger partial charge is 0.191 e. The van der Waals surface area contributed by atoms with E-state index in [-0.39, 0.29) is 6.04 Å². The lowest BCUT2D eigenvalue weighted by Crippen LogP contribution is -2.38. The Kier molecular flexibility index (Phi) is 5.90. The molecule has 0 radical (unpaired) electrons. The highest BCUT2D eigenvalue weighted by molar-refractivity contribution is 5.80. The SMILES string of the molecule is CCN=C(NCC)NC(C)c1cccc(N2CCCC2)c1. The predicted molar refractivity (Wildman–Crippen MR) is 91.1 cm³/mol. The summed E-state index contributed by atoms with van der Waals surface area (Å²) in [7, 11) is 0. The molecule has 0 saturated carbocycles. The maximum absolute atomic E-state index is 4.46. The lowest BCUT2D eigenvalue weighted by Gasteiger charge is -2.22. The van der Waals surface area contributed by atoms with Crippen LogP contribution in [0.5, 0.6) is 0 Å². The van der Waals surface area contributed by atoms with Gasteiger partial charge in [0.1, 0.15) is 0 Å². The zero-order chi connectivity index (χ0) is 15.1. The number of nitrogens with zero attached hydrogens (tertiary/aromatic N) is 2. The molecule has 1 aromatic rings. The normalized spacial score (nSPS) is 16.9. The lowest BCUT2D eigenvalue weighted by atomic mass is 10.1. The van der Waals surface area contributed by atoms with Crippen LogP contribution in [0.25, 0.3) is 0 Å². The monoisotopic (exact) mass is 288 g/mol. The van der Waals surface area contributed by atoms with Crippen LogP contribution < -0.4 is 15.5 Å². The minimum atomic E-state index is 0.247. The van der Waals surface area contributed by atoms with Crippen LogP contribution in [0.4, 0.5) is 5.69 Å². The summed E-state index contributed by atoms with van der Waals surface area (Å²) in [6.07, 6.45) is 2.62. The van der Waals surface area contributed by atoms with E-state index in [1.54, 1.807) is 0 Å². The molecule has 21 heavy (non-hydrogen) atoms. The summed E-state index contributed by atoms with van der Waals surface area (Å²) in [4.78, 5) is 6.94. The van der Waals surface area contributed by atoms with Crippen LogP contribution in [0, 0.1) is 0 Å². The van der Waals surface area contributed by atoms with Crippen LogP contribution in [-0.4, -0.2) is 32.1 Å². The van der Waals surface area contributed by atoms with Crippen LogP contribution >= 0.6 is 0 Å². The second kappa shape index (κ2) is 7.91. The Morgan fingerprint density at radius 1 is 1.29 bits per heavy atom. The highest BCUT2D eigenvalue weighted by Gasteiger charge is 2.14. The Bertz CT molecular complexity index is 464. The molecule has 0 amide bonds. The average molecular weight is 288 g/mol. The number of aliphatic imine (C=N–C) groups is 1. The van der Waals surface area contributed by atoms with Gasteiger partial charge in [-0.3, -0.25) is 4.99 Å². The fourth-order valence-electron chi connectivity index (χ4n) is 2.73. The number of guanidine groups is 1. The van der Waals surface area contributed by atoms with Gasteiger partial charge in [-0.25, -0.2) is 0 Å². The number of hydrogen-bond donors (Lipinski definition) is 2. The van der Waals surface area contributed by atoms with Gasteiger partial charge in [-0.15, -0.1) is 0 Å². The Morgan fingerprint density at radius 2 is 2.05 bits per heavy atom. The molecule has 0 aliphatic carbocycles. The zero-order valence-electron chi connectivity index (χ0n) is 13.5. The second-order valence-corrected chi connectivity index (χ2v) is 5.51. The van der Waals surface area contributed by atoms with Gasteiger partial charge in [0, 0.05) is 31.9 Å². The molecule has 4 nitrogen and oxygen atoms in total. The van der Waals surface area contributed by atoms with Gasteiger partial charge in [0.25, 0.3) is 0 Å². The maximum atomic E-state index is 4.46. The van der Waals surface area contributed by atoms with Crippen molar-refractivity contribution in [2.24, 2.45) is 4.99 Å². The largest absolute Gasteiger partial charge is 0.372 e. The third kappa shape index (κ3) is 4.38. The topological polar surface area (TPSA) is 39.7 Å². The quantitative estimate of drug-likeness (QED) is 0.646. The standard InChI is InChI=1S/C17H28N4/c1-4-18-17(19-5-2)20-14(3)15-9-8-10-16(13-15)21-11-6-7-12-21/h8-10,13-14H,4-7,11-12H2,1-3H3,(H2,18,19,20). The van der Waals surface area contributed by atoms with E-state index >= 15 is 0 Å². The third-order valence-electron chi connectivity index (χ3n) is 3.86. The Balaban J connectivity index is 2.06. The summed E-state index contributed by atoms with van der Waals surface area (Å²) in [6.45, 7) is 10.4. The van der Waals surface area contributed by atoms with E-state index < -0.39 is 0 Å². The van der Waals surface area contributed by atoms with Gasteiger partial charge in [-0.05, 0) is 51.3 Å². The maximum Gasteiger partial charge on any atom is 0.191 e. The molecule has 2 N–H and O–H groups in total. The molecule has 4 heteroatoms. The van der Waals surface area contributed by atoms with Crippen molar-refractivity contribution in [3.05, 3.63) is 29.8 Å². The molecule has 0 aromatic heterocycles. The van der Waals surface area contributed by atoms with E-state index in [2.05, 4.69) is 65.6 Å². The van der Waals surface area contributed by atoms with Gasteiger partial charge in [0.15, 0.2) is 5.96 Å². The van der Waals surface area contributed by atoms with Gasteiger partial charge in [-0.2, -0.15) is 0 Å². The van der Waals surface area contributed by atoms with E-state index in [0.29, 0.717) is 0 Å². The van der Waals surface area contributed by atoms with Crippen molar-refractivity contribution in [2.75, 3.05) is 31.1 Å². The highest BCUT2D eigenvalue weighted by Crippen LogP contribution is 2.23. The van der Waals surface area contributed by atoms with Crippen molar-refractivity contribution < 1.29 is 0 Å². The number of hydrogen-bond acceptors (Lipinski definition) is 2. The van der Waals surface area contributed by atoms with Crippen molar-refractivity contribution >= 4 is 11.6 Å². The molecular formula is C17H28N4. The second-order valence-electron chi connectivity index (χ2n) is 5.51. The first kappa shape index (κ1) is 15.7. The summed E-state index contributed by atoms with van der Waals surface area (Å²) < 4.78 is 0. The van der Waals surface area contributed by atoms with Crippen LogP contribution in [0.2, 0.25) is 0 Å². The first-order valence-corrected chi connectivity index (χ1v) is 8.14. The van der Waals surface area contributed by atoms with Crippen LogP contribution in [-0.2, 0) is 0 Å². The number of rotatable bonds is 5. The molecule has 1 atom stereocenters. The van der Waals surface area contributed by atoms with Crippen molar-refractivity contribution in [1.82, 2.24) is 10.6 Å². The van der Waals surface area contributed by atoms with E-state index in [1.165, 1.54) is 37.2 Å². The molecule has 116 valence electrons. The number of benzene rings is 1. The summed E-state index contributed by atoms with van der Waals surface area (Å²) in [5, 5.41) is 6.76. The van der Waals surface area contributed by atoms with Crippen molar-refractivity contribution in [2.45, 2.75) is 39.7 Å². The zero-order valence-corrected chi connectivity index (χ0v) is 13.5. The Morgan fingerprint density at radius 3 is 2.71 bits per heavy atom. The molecule has 1 saturated heterocycles. The molecule has 2 rings (SSSR count). The van der Waals surface area contributed by atoms with Crippen molar-refractivity contribution in [3.63, 3.8) is 0 Å². The molecule has 1 heterocycles. The van der Waals surface area contributed by atoms with E-state index in [4.69, 9.17) is 0 Å². The average Bonchev–Trinajstić information content (AvgIpc) is 3.02. The van der Waals surface area contributed by atoms with Crippen molar-refractivity contribution in [1.29, 1.82) is 0 Å². The molecule has 0 spiro atoms. The van der Waals surface area contributed by atoms with E-state index in [1.807, 2.05) is 0 Å². The first-order chi connectivity index (χ1) is 10.2. The first-order valence-electron chi connectivity index (χ1n) is 8.14. The lowest BCUT2D eigenvalue weighted by molar-refractivity contribution is 0.687. The van der Waals surface area contributed by atoms with Gasteiger partial charge in [0.2, 0.25) is 0 Å². The van der Waals surface area contributed by atoms with Crippen molar-refractivity contribution in [3.8, 4) is 0 Å². The summed E-state index contributed by atoms with van der Waals surface area (Å²) >= 11 is 0. The van der Waals surface area contributed by atoms with Crippen LogP contribution in [0.1, 0.15) is 45.2 Å². The number of nitrogens with one attached hydrogen (secondary N) is 2. The molecule has 1 aliphatic heterocycles. The van der Waals surface area contributed by atoms with Crippen LogP contribution in [0.15, 0.2) is 29.3 Å². The van der Waals surface area contributed by atoms with E-state index in [0.717, 1.165) is 19.0 Å². The molecule has 1 aliphatic rings. The summed E-state index contributed by atoms with van der Waals surface area (Å²) in [5.74, 6) is 0.888. The number of anilines is 1. The van der Waals surface area contributed by atoms with Gasteiger partial charge in [-0.1, -0.05) is 12.1 Å². The molecule has 1 unspecified atom stereocenters. The third-order valence-corrected chi connectivity index (χ3v) is 3.86. The molecular weight excluding hydrogens is 260 g/mol. The van der Waals surface area contributed by atoms with Gasteiger partial charge in [0.05, 0.1) is 6.04 Å². The minimum Gasteiger partial charge on any atom is -0.372 e. The Hall–Kier alpha value is -1.71. The molecule has 1 fully saturated rings. The summed E-state index contributed by atoms with van der Waals surface area (Å²) in [6, 6.07) is 9.11. The molecule has 1 aromatic carbocycles. The van der Waals surface area contributed by atoms with Gasteiger partial charge < -0.3 is 15.5 Å². The predicted octanol–water partition coefficient (Wildman–Crippen LogP) is 2.92. The fraction of sp³-hybridized carbons (Fsp3) is 0.588.